The van der Waals surface area contributed by atoms with Gasteiger partial charge in [0, 0.05) is 39.6 Å². The van der Waals surface area contributed by atoms with E-state index in [1.54, 1.807) is 6.92 Å². The van der Waals surface area contributed by atoms with Crippen LogP contribution in [0, 0.1) is 11.3 Å². The summed E-state index contributed by atoms with van der Waals surface area (Å²) >= 11 is 0. The number of likely N-dealkylation sites (tertiary alicyclic amines) is 1. The zero-order valence-corrected chi connectivity index (χ0v) is 12.2. The molecule has 0 radical (unpaired) electrons. The summed E-state index contributed by atoms with van der Waals surface area (Å²) in [6, 6.07) is 10.3. The fourth-order valence-electron chi connectivity index (χ4n) is 2.72. The normalized spacial score (nSPS) is 16.6. The highest BCUT2D eigenvalue weighted by molar-refractivity contribution is 5.73. The standard InChI is InChI=1S/C16H21N3O/c1-13(20)18(2)16-6-8-19(9-7-16)12-15-5-3-4-14(10-15)11-17/h3-5,10,16H,6-9,12H2,1-2H3. The summed E-state index contributed by atoms with van der Waals surface area (Å²) in [6.07, 6.45) is 2.04. The van der Waals surface area contributed by atoms with Crippen LogP contribution in [0.1, 0.15) is 30.9 Å². The highest BCUT2D eigenvalue weighted by atomic mass is 16.2. The lowest BCUT2D eigenvalue weighted by Gasteiger charge is -2.36. The van der Waals surface area contributed by atoms with Gasteiger partial charge in [-0.1, -0.05) is 12.1 Å². The zero-order chi connectivity index (χ0) is 14.5. The van der Waals surface area contributed by atoms with Crippen molar-refractivity contribution in [1.82, 2.24) is 9.80 Å². The SMILES string of the molecule is CC(=O)N(C)C1CCN(Cc2cccc(C#N)c2)CC1. The predicted molar refractivity (Wildman–Crippen MR) is 77.9 cm³/mol. The maximum Gasteiger partial charge on any atom is 0.219 e. The number of benzene rings is 1. The quantitative estimate of drug-likeness (QED) is 0.845. The first-order chi connectivity index (χ1) is 9.60. The second kappa shape index (κ2) is 6.53. The highest BCUT2D eigenvalue weighted by Crippen LogP contribution is 2.18. The Morgan fingerprint density at radius 1 is 1.45 bits per heavy atom. The minimum atomic E-state index is 0.144. The van der Waals surface area contributed by atoms with Crippen LogP contribution in [0.4, 0.5) is 0 Å². The van der Waals surface area contributed by atoms with Crippen molar-refractivity contribution in [1.29, 1.82) is 5.26 Å². The minimum Gasteiger partial charge on any atom is -0.343 e. The number of rotatable bonds is 3. The van der Waals surface area contributed by atoms with Gasteiger partial charge in [-0.2, -0.15) is 5.26 Å². The molecule has 0 saturated carbocycles. The molecule has 0 unspecified atom stereocenters. The molecule has 0 aromatic heterocycles. The average molecular weight is 271 g/mol. The Balaban J connectivity index is 1.88. The summed E-state index contributed by atoms with van der Waals surface area (Å²) in [4.78, 5) is 15.6. The van der Waals surface area contributed by atoms with Gasteiger partial charge in [-0.3, -0.25) is 9.69 Å². The van der Waals surface area contributed by atoms with Crippen LogP contribution in [0.25, 0.3) is 0 Å². The second-order valence-electron chi connectivity index (χ2n) is 5.45. The van der Waals surface area contributed by atoms with E-state index in [0.29, 0.717) is 11.6 Å². The van der Waals surface area contributed by atoms with Crippen LogP contribution in [0.3, 0.4) is 0 Å². The lowest BCUT2D eigenvalue weighted by Crippen LogP contribution is -2.44. The van der Waals surface area contributed by atoms with Gasteiger partial charge in [-0.15, -0.1) is 0 Å². The molecule has 1 heterocycles. The number of carbonyl (C=O) groups is 1. The molecule has 0 spiro atoms. The third-order valence-electron chi connectivity index (χ3n) is 4.06. The van der Waals surface area contributed by atoms with E-state index < -0.39 is 0 Å². The predicted octanol–water partition coefficient (Wildman–Crippen LogP) is 2.00. The minimum absolute atomic E-state index is 0.144. The summed E-state index contributed by atoms with van der Waals surface area (Å²) in [5.41, 5.74) is 1.90. The fraction of sp³-hybridized carbons (Fsp3) is 0.500. The largest absolute Gasteiger partial charge is 0.343 e. The number of nitrogens with zero attached hydrogens (tertiary/aromatic N) is 3. The van der Waals surface area contributed by atoms with E-state index in [2.05, 4.69) is 17.0 Å². The molecule has 1 aliphatic heterocycles. The van der Waals surface area contributed by atoms with E-state index >= 15 is 0 Å². The Labute approximate surface area is 120 Å². The average Bonchev–Trinajstić information content (AvgIpc) is 2.47. The van der Waals surface area contributed by atoms with Crippen LogP contribution in [0.5, 0.6) is 0 Å². The van der Waals surface area contributed by atoms with Crippen LogP contribution < -0.4 is 0 Å². The lowest BCUT2D eigenvalue weighted by atomic mass is 10.0. The molecule has 1 amide bonds. The zero-order valence-electron chi connectivity index (χ0n) is 12.2. The van der Waals surface area contributed by atoms with E-state index in [4.69, 9.17) is 5.26 Å². The van der Waals surface area contributed by atoms with E-state index in [1.807, 2.05) is 30.1 Å². The number of nitriles is 1. The van der Waals surface area contributed by atoms with E-state index in [9.17, 15) is 4.79 Å². The van der Waals surface area contributed by atoms with Crippen molar-refractivity contribution in [3.05, 3.63) is 35.4 Å². The van der Waals surface area contributed by atoms with Gasteiger partial charge in [0.25, 0.3) is 0 Å². The van der Waals surface area contributed by atoms with Crippen molar-refractivity contribution in [2.75, 3.05) is 20.1 Å². The molecule has 0 aliphatic carbocycles. The fourth-order valence-corrected chi connectivity index (χ4v) is 2.72. The summed E-state index contributed by atoms with van der Waals surface area (Å²) in [5.74, 6) is 0.144. The number of amides is 1. The molecule has 1 aromatic rings. The molecule has 106 valence electrons. The molecule has 1 fully saturated rings. The molecule has 1 saturated heterocycles. The molecule has 1 aromatic carbocycles. The molecule has 1 aliphatic rings. The van der Waals surface area contributed by atoms with Gasteiger partial charge in [0.1, 0.15) is 0 Å². The van der Waals surface area contributed by atoms with E-state index in [-0.39, 0.29) is 5.91 Å². The van der Waals surface area contributed by atoms with Gasteiger partial charge in [0.05, 0.1) is 11.6 Å². The third kappa shape index (κ3) is 3.58. The summed E-state index contributed by atoms with van der Waals surface area (Å²) in [6.45, 7) is 4.50. The van der Waals surface area contributed by atoms with Gasteiger partial charge >= 0.3 is 0 Å². The molecular weight excluding hydrogens is 250 g/mol. The molecule has 4 heteroatoms. The van der Waals surface area contributed by atoms with Crippen LogP contribution >= 0.6 is 0 Å². The summed E-state index contributed by atoms with van der Waals surface area (Å²) in [5, 5.41) is 8.91. The number of piperidine rings is 1. The van der Waals surface area contributed by atoms with Crippen molar-refractivity contribution in [3.63, 3.8) is 0 Å². The monoisotopic (exact) mass is 271 g/mol. The number of carbonyl (C=O) groups excluding carboxylic acids is 1. The summed E-state index contributed by atoms with van der Waals surface area (Å²) in [7, 11) is 1.89. The number of hydrogen-bond donors (Lipinski definition) is 0. The maximum absolute atomic E-state index is 11.4. The van der Waals surface area contributed by atoms with Crippen LogP contribution in [-0.2, 0) is 11.3 Å². The second-order valence-corrected chi connectivity index (χ2v) is 5.45. The number of hydrogen-bond acceptors (Lipinski definition) is 3. The van der Waals surface area contributed by atoms with Gasteiger partial charge in [-0.25, -0.2) is 0 Å². The molecule has 0 N–H and O–H groups in total. The molecule has 0 atom stereocenters. The topological polar surface area (TPSA) is 47.3 Å². The Kier molecular flexibility index (Phi) is 4.75. The lowest BCUT2D eigenvalue weighted by molar-refractivity contribution is -0.130. The molecule has 4 nitrogen and oxygen atoms in total. The van der Waals surface area contributed by atoms with Gasteiger partial charge in [0.15, 0.2) is 0 Å². The summed E-state index contributed by atoms with van der Waals surface area (Å²) < 4.78 is 0. The van der Waals surface area contributed by atoms with Gasteiger partial charge in [0.2, 0.25) is 5.91 Å². The van der Waals surface area contributed by atoms with Gasteiger partial charge < -0.3 is 4.90 Å². The first-order valence-electron chi connectivity index (χ1n) is 7.05. The smallest absolute Gasteiger partial charge is 0.219 e. The maximum atomic E-state index is 11.4. The van der Waals surface area contributed by atoms with Crippen molar-refractivity contribution in [3.8, 4) is 6.07 Å². The van der Waals surface area contributed by atoms with Crippen LogP contribution in [0.2, 0.25) is 0 Å². The van der Waals surface area contributed by atoms with Crippen LogP contribution in [0.15, 0.2) is 24.3 Å². The Hall–Kier alpha value is -1.86. The highest BCUT2D eigenvalue weighted by Gasteiger charge is 2.23. The molecule has 20 heavy (non-hydrogen) atoms. The van der Waals surface area contributed by atoms with Crippen molar-refractivity contribution < 1.29 is 4.79 Å². The first kappa shape index (κ1) is 14.5. The molecule has 2 rings (SSSR count). The van der Waals surface area contributed by atoms with Crippen molar-refractivity contribution in [2.45, 2.75) is 32.4 Å². The molecule has 0 bridgehead atoms. The van der Waals surface area contributed by atoms with Gasteiger partial charge in [-0.05, 0) is 30.5 Å². The van der Waals surface area contributed by atoms with E-state index in [0.717, 1.165) is 32.5 Å². The third-order valence-corrected chi connectivity index (χ3v) is 4.06. The molecular formula is C16H21N3O. The van der Waals surface area contributed by atoms with Crippen molar-refractivity contribution in [2.24, 2.45) is 0 Å². The Morgan fingerprint density at radius 3 is 2.75 bits per heavy atom. The van der Waals surface area contributed by atoms with Crippen LogP contribution in [-0.4, -0.2) is 41.9 Å². The Bertz CT molecular complexity index is 513. The Morgan fingerprint density at radius 2 is 2.15 bits per heavy atom. The van der Waals surface area contributed by atoms with E-state index in [1.165, 1.54) is 5.56 Å². The van der Waals surface area contributed by atoms with Crippen molar-refractivity contribution >= 4 is 5.91 Å². The first-order valence-corrected chi connectivity index (χ1v) is 7.05.